The SMILES string of the molecule is Cc1nc(Cl)ccc1C=CCNC(=O)OC(C)(C)C. The van der Waals surface area contributed by atoms with E-state index in [4.69, 9.17) is 16.3 Å². The van der Waals surface area contributed by atoms with E-state index in [1.165, 1.54) is 0 Å². The van der Waals surface area contributed by atoms with Crippen LogP contribution >= 0.6 is 11.6 Å². The number of aryl methyl sites for hydroxylation is 1. The second-order valence-electron chi connectivity index (χ2n) is 5.09. The molecule has 0 bridgehead atoms. The van der Waals surface area contributed by atoms with E-state index < -0.39 is 11.7 Å². The fourth-order valence-electron chi connectivity index (χ4n) is 1.36. The zero-order valence-electron chi connectivity index (χ0n) is 11.7. The first kappa shape index (κ1) is 15.5. The Bertz CT molecular complexity index is 479. The number of aromatic nitrogens is 1. The van der Waals surface area contributed by atoms with Crippen molar-refractivity contribution >= 4 is 23.8 Å². The molecule has 0 saturated heterocycles. The number of hydrogen-bond donors (Lipinski definition) is 1. The van der Waals surface area contributed by atoms with Gasteiger partial charge in [0.05, 0.1) is 0 Å². The molecule has 0 fully saturated rings. The third-order valence-corrected chi connectivity index (χ3v) is 2.36. The summed E-state index contributed by atoms with van der Waals surface area (Å²) in [5.74, 6) is 0. The minimum absolute atomic E-state index is 0.400. The fourth-order valence-corrected chi connectivity index (χ4v) is 1.55. The maximum atomic E-state index is 11.4. The Labute approximate surface area is 118 Å². The number of nitrogens with zero attached hydrogens (tertiary/aromatic N) is 1. The van der Waals surface area contributed by atoms with Gasteiger partial charge in [0.15, 0.2) is 0 Å². The Morgan fingerprint density at radius 2 is 2.16 bits per heavy atom. The number of amides is 1. The van der Waals surface area contributed by atoms with E-state index in [-0.39, 0.29) is 0 Å². The van der Waals surface area contributed by atoms with Crippen LogP contribution < -0.4 is 5.32 Å². The van der Waals surface area contributed by atoms with E-state index >= 15 is 0 Å². The molecule has 1 aromatic heterocycles. The maximum absolute atomic E-state index is 11.4. The average Bonchev–Trinajstić information content (AvgIpc) is 2.24. The van der Waals surface area contributed by atoms with Crippen LogP contribution in [0.15, 0.2) is 18.2 Å². The van der Waals surface area contributed by atoms with Gasteiger partial charge >= 0.3 is 6.09 Å². The molecule has 4 nitrogen and oxygen atoms in total. The molecule has 104 valence electrons. The summed E-state index contributed by atoms with van der Waals surface area (Å²) in [7, 11) is 0. The van der Waals surface area contributed by atoms with Crippen molar-refractivity contribution in [2.75, 3.05) is 6.54 Å². The molecule has 1 amide bonds. The number of pyridine rings is 1. The van der Waals surface area contributed by atoms with E-state index in [2.05, 4.69) is 10.3 Å². The van der Waals surface area contributed by atoms with Gasteiger partial charge in [-0.05, 0) is 39.3 Å². The number of alkyl carbamates (subject to hydrolysis) is 1. The highest BCUT2D eigenvalue weighted by atomic mass is 35.5. The van der Waals surface area contributed by atoms with E-state index in [1.54, 1.807) is 6.07 Å². The molecule has 0 spiro atoms. The average molecular weight is 283 g/mol. The molecule has 0 aromatic carbocycles. The topological polar surface area (TPSA) is 51.2 Å². The van der Waals surface area contributed by atoms with Crippen LogP contribution in [0.4, 0.5) is 4.79 Å². The van der Waals surface area contributed by atoms with E-state index in [0.29, 0.717) is 11.7 Å². The quantitative estimate of drug-likeness (QED) is 0.862. The van der Waals surface area contributed by atoms with Crippen molar-refractivity contribution in [1.82, 2.24) is 10.3 Å². The summed E-state index contributed by atoms with van der Waals surface area (Å²) in [4.78, 5) is 15.5. The summed E-state index contributed by atoms with van der Waals surface area (Å²) in [6.07, 6.45) is 3.29. The minimum atomic E-state index is -0.482. The highest BCUT2D eigenvalue weighted by molar-refractivity contribution is 6.29. The molecule has 0 aliphatic heterocycles. The number of nitrogens with one attached hydrogen (secondary N) is 1. The van der Waals surface area contributed by atoms with Gasteiger partial charge < -0.3 is 10.1 Å². The smallest absolute Gasteiger partial charge is 0.407 e. The Morgan fingerprint density at radius 1 is 1.47 bits per heavy atom. The summed E-state index contributed by atoms with van der Waals surface area (Å²) in [5, 5.41) is 3.12. The molecule has 19 heavy (non-hydrogen) atoms. The molecular formula is C14H19ClN2O2. The molecule has 1 aromatic rings. The Balaban J connectivity index is 2.44. The summed E-state index contributed by atoms with van der Waals surface area (Å²) >= 11 is 5.77. The first-order valence-corrected chi connectivity index (χ1v) is 6.42. The number of rotatable bonds is 3. The maximum Gasteiger partial charge on any atom is 0.407 e. The van der Waals surface area contributed by atoms with Crippen LogP contribution in [0, 0.1) is 6.92 Å². The summed E-state index contributed by atoms with van der Waals surface area (Å²) in [5.41, 5.74) is 1.33. The number of ether oxygens (including phenoxy) is 1. The molecule has 0 atom stereocenters. The normalized spacial score (nSPS) is 11.6. The highest BCUT2D eigenvalue weighted by Crippen LogP contribution is 2.12. The highest BCUT2D eigenvalue weighted by Gasteiger charge is 2.14. The van der Waals surface area contributed by atoms with Crippen LogP contribution in [0.1, 0.15) is 32.0 Å². The molecular weight excluding hydrogens is 264 g/mol. The van der Waals surface area contributed by atoms with Crippen LogP contribution in [0.3, 0.4) is 0 Å². The predicted molar refractivity (Wildman–Crippen MR) is 77.3 cm³/mol. The van der Waals surface area contributed by atoms with Gasteiger partial charge in [0.25, 0.3) is 0 Å². The van der Waals surface area contributed by atoms with Gasteiger partial charge in [0, 0.05) is 12.2 Å². The predicted octanol–water partition coefficient (Wildman–Crippen LogP) is 3.58. The fraction of sp³-hybridized carbons (Fsp3) is 0.429. The Morgan fingerprint density at radius 3 is 2.74 bits per heavy atom. The van der Waals surface area contributed by atoms with E-state index in [1.807, 2.05) is 45.9 Å². The molecule has 0 radical (unpaired) electrons. The van der Waals surface area contributed by atoms with E-state index in [0.717, 1.165) is 11.3 Å². The molecule has 0 saturated carbocycles. The molecule has 0 unspecified atom stereocenters. The second-order valence-corrected chi connectivity index (χ2v) is 5.48. The Kier molecular flexibility index (Phi) is 5.36. The van der Waals surface area contributed by atoms with Gasteiger partial charge in [-0.3, -0.25) is 0 Å². The van der Waals surface area contributed by atoms with Crippen LogP contribution in [0.25, 0.3) is 6.08 Å². The van der Waals surface area contributed by atoms with Crippen LogP contribution in [-0.4, -0.2) is 23.2 Å². The number of halogens is 1. The Hall–Kier alpha value is -1.55. The minimum Gasteiger partial charge on any atom is -0.444 e. The monoisotopic (exact) mass is 282 g/mol. The van der Waals surface area contributed by atoms with Crippen molar-refractivity contribution < 1.29 is 9.53 Å². The zero-order valence-corrected chi connectivity index (χ0v) is 12.4. The second kappa shape index (κ2) is 6.57. The van der Waals surface area contributed by atoms with E-state index in [9.17, 15) is 4.79 Å². The molecule has 1 rings (SSSR count). The zero-order chi connectivity index (χ0) is 14.5. The molecule has 1 N–H and O–H groups in total. The van der Waals surface area contributed by atoms with Crippen molar-refractivity contribution in [1.29, 1.82) is 0 Å². The number of carbonyl (C=O) groups is 1. The lowest BCUT2D eigenvalue weighted by molar-refractivity contribution is 0.0534. The molecule has 5 heteroatoms. The third kappa shape index (κ3) is 6.25. The lowest BCUT2D eigenvalue weighted by atomic mass is 10.2. The first-order valence-electron chi connectivity index (χ1n) is 6.04. The van der Waals surface area contributed by atoms with Crippen molar-refractivity contribution in [3.8, 4) is 0 Å². The van der Waals surface area contributed by atoms with Gasteiger partial charge in [-0.15, -0.1) is 0 Å². The van der Waals surface area contributed by atoms with Gasteiger partial charge in [-0.2, -0.15) is 0 Å². The number of carbonyl (C=O) groups excluding carboxylic acids is 1. The summed E-state index contributed by atoms with van der Waals surface area (Å²) in [6, 6.07) is 3.62. The van der Waals surface area contributed by atoms with Gasteiger partial charge in [-0.25, -0.2) is 9.78 Å². The summed E-state index contributed by atoms with van der Waals surface area (Å²) in [6.45, 7) is 7.76. The third-order valence-electron chi connectivity index (χ3n) is 2.15. The van der Waals surface area contributed by atoms with Crippen LogP contribution in [-0.2, 0) is 4.74 Å². The first-order chi connectivity index (χ1) is 8.78. The van der Waals surface area contributed by atoms with Crippen molar-refractivity contribution in [2.45, 2.75) is 33.3 Å². The van der Waals surface area contributed by atoms with Crippen molar-refractivity contribution in [2.24, 2.45) is 0 Å². The van der Waals surface area contributed by atoms with Crippen molar-refractivity contribution in [3.63, 3.8) is 0 Å². The standard InChI is InChI=1S/C14H19ClN2O2/c1-10-11(7-8-12(15)17-10)6-5-9-16-13(18)19-14(2,3)4/h5-8H,9H2,1-4H3,(H,16,18). The number of hydrogen-bond acceptors (Lipinski definition) is 3. The van der Waals surface area contributed by atoms with Crippen molar-refractivity contribution in [3.05, 3.63) is 34.6 Å². The lowest BCUT2D eigenvalue weighted by Gasteiger charge is -2.19. The largest absolute Gasteiger partial charge is 0.444 e. The van der Waals surface area contributed by atoms with Gasteiger partial charge in [0.2, 0.25) is 0 Å². The lowest BCUT2D eigenvalue weighted by Crippen LogP contribution is -2.32. The van der Waals surface area contributed by atoms with Crippen LogP contribution in [0.5, 0.6) is 0 Å². The summed E-state index contributed by atoms with van der Waals surface area (Å²) < 4.78 is 5.12. The molecule has 0 aliphatic carbocycles. The van der Waals surface area contributed by atoms with Gasteiger partial charge in [-0.1, -0.05) is 29.8 Å². The van der Waals surface area contributed by atoms with Crippen LogP contribution in [0.2, 0.25) is 5.15 Å². The van der Waals surface area contributed by atoms with Gasteiger partial charge in [0.1, 0.15) is 10.8 Å². The molecule has 1 heterocycles. The molecule has 0 aliphatic rings.